The number of hydrogen-bond acceptors (Lipinski definition) is 2. The van der Waals surface area contributed by atoms with E-state index in [0.717, 1.165) is 18.9 Å². The number of nitrogens with one attached hydrogen (secondary N) is 1. The van der Waals surface area contributed by atoms with Crippen molar-refractivity contribution in [2.45, 2.75) is 32.4 Å². The molecule has 2 nitrogen and oxygen atoms in total. The summed E-state index contributed by atoms with van der Waals surface area (Å²) in [6.07, 6.45) is -1.59. The van der Waals surface area contributed by atoms with E-state index in [1.165, 1.54) is 6.07 Å². The summed E-state index contributed by atoms with van der Waals surface area (Å²) in [4.78, 5) is 0. The van der Waals surface area contributed by atoms with Gasteiger partial charge >= 0.3 is 6.18 Å². The molecule has 0 radical (unpaired) electrons. The van der Waals surface area contributed by atoms with E-state index >= 15 is 0 Å². The molecule has 0 heterocycles. The SMILES string of the molecule is CCCCOCCCNc1ccc(Br)cc1C(F)(F)F. The number of benzene rings is 1. The molecule has 0 aliphatic carbocycles. The maximum atomic E-state index is 12.9. The molecule has 0 saturated carbocycles. The molecule has 0 atom stereocenters. The van der Waals surface area contributed by atoms with E-state index in [4.69, 9.17) is 4.74 Å². The summed E-state index contributed by atoms with van der Waals surface area (Å²) < 4.78 is 44.3. The van der Waals surface area contributed by atoms with Gasteiger partial charge in [-0.25, -0.2) is 0 Å². The number of anilines is 1. The minimum atomic E-state index is -4.36. The van der Waals surface area contributed by atoms with Crippen molar-refractivity contribution in [1.29, 1.82) is 0 Å². The van der Waals surface area contributed by atoms with Crippen molar-refractivity contribution in [3.05, 3.63) is 28.2 Å². The zero-order valence-electron chi connectivity index (χ0n) is 11.4. The lowest BCUT2D eigenvalue weighted by Crippen LogP contribution is -2.13. The normalized spacial score (nSPS) is 11.7. The average molecular weight is 354 g/mol. The van der Waals surface area contributed by atoms with Crippen molar-refractivity contribution in [2.75, 3.05) is 25.1 Å². The molecule has 0 fully saturated rings. The molecular formula is C14H19BrF3NO. The van der Waals surface area contributed by atoms with Crippen molar-refractivity contribution >= 4 is 21.6 Å². The lowest BCUT2D eigenvalue weighted by atomic mass is 10.1. The Morgan fingerprint density at radius 3 is 2.55 bits per heavy atom. The number of rotatable bonds is 8. The van der Waals surface area contributed by atoms with Crippen LogP contribution >= 0.6 is 15.9 Å². The Hall–Kier alpha value is -0.750. The fraction of sp³-hybridized carbons (Fsp3) is 0.571. The number of unbranched alkanes of at least 4 members (excludes halogenated alkanes) is 1. The minimum absolute atomic E-state index is 0.106. The van der Waals surface area contributed by atoms with Crippen LogP contribution in [-0.2, 0) is 10.9 Å². The van der Waals surface area contributed by atoms with Crippen LogP contribution in [0.4, 0.5) is 18.9 Å². The first-order valence-electron chi connectivity index (χ1n) is 6.63. The Balaban J connectivity index is 2.44. The maximum Gasteiger partial charge on any atom is 0.418 e. The van der Waals surface area contributed by atoms with E-state index in [9.17, 15) is 13.2 Å². The van der Waals surface area contributed by atoms with Gasteiger partial charge < -0.3 is 10.1 Å². The molecule has 6 heteroatoms. The quantitative estimate of drug-likeness (QED) is 0.657. The van der Waals surface area contributed by atoms with Crippen LogP contribution in [0, 0.1) is 0 Å². The van der Waals surface area contributed by atoms with E-state index in [2.05, 4.69) is 28.2 Å². The van der Waals surface area contributed by atoms with Gasteiger partial charge in [0.25, 0.3) is 0 Å². The smallest absolute Gasteiger partial charge is 0.384 e. The van der Waals surface area contributed by atoms with Crippen molar-refractivity contribution in [3.8, 4) is 0 Å². The third-order valence-electron chi connectivity index (χ3n) is 2.71. The van der Waals surface area contributed by atoms with Gasteiger partial charge in [-0.2, -0.15) is 13.2 Å². The van der Waals surface area contributed by atoms with Crippen molar-refractivity contribution in [1.82, 2.24) is 0 Å². The van der Waals surface area contributed by atoms with Crippen molar-refractivity contribution < 1.29 is 17.9 Å². The molecule has 0 unspecified atom stereocenters. The first-order chi connectivity index (χ1) is 9.45. The molecular weight excluding hydrogens is 335 g/mol. The molecule has 1 aromatic rings. The molecule has 114 valence electrons. The molecule has 0 aliphatic rings. The first kappa shape index (κ1) is 17.3. The molecule has 0 spiro atoms. The Morgan fingerprint density at radius 2 is 1.90 bits per heavy atom. The number of ether oxygens (including phenoxy) is 1. The molecule has 1 N–H and O–H groups in total. The van der Waals surface area contributed by atoms with E-state index in [1.54, 1.807) is 6.07 Å². The Morgan fingerprint density at radius 1 is 1.20 bits per heavy atom. The lowest BCUT2D eigenvalue weighted by molar-refractivity contribution is -0.137. The highest BCUT2D eigenvalue weighted by atomic mass is 79.9. The average Bonchev–Trinajstić information content (AvgIpc) is 2.38. The Bertz CT molecular complexity index is 410. The van der Waals surface area contributed by atoms with Crippen LogP contribution in [0.3, 0.4) is 0 Å². The standard InChI is InChI=1S/C14H19BrF3NO/c1-2-3-8-20-9-4-7-19-13-6-5-11(15)10-12(13)14(16,17)18/h5-6,10,19H,2-4,7-9H2,1H3. The molecule has 1 rings (SSSR count). The fourth-order valence-electron chi connectivity index (χ4n) is 1.65. The third kappa shape index (κ3) is 6.13. The van der Waals surface area contributed by atoms with Crippen LogP contribution < -0.4 is 5.32 Å². The summed E-state index contributed by atoms with van der Waals surface area (Å²) in [6, 6.07) is 4.11. The van der Waals surface area contributed by atoms with Gasteiger partial charge in [0.15, 0.2) is 0 Å². The van der Waals surface area contributed by atoms with Gasteiger partial charge in [-0.05, 0) is 31.0 Å². The number of halogens is 4. The molecule has 0 amide bonds. The predicted molar refractivity (Wildman–Crippen MR) is 78.0 cm³/mol. The summed E-state index contributed by atoms with van der Waals surface area (Å²) in [5, 5.41) is 2.82. The Labute approximate surface area is 125 Å². The molecule has 1 aromatic carbocycles. The molecule has 20 heavy (non-hydrogen) atoms. The van der Waals surface area contributed by atoms with Crippen molar-refractivity contribution in [2.24, 2.45) is 0 Å². The van der Waals surface area contributed by atoms with Gasteiger partial charge in [-0.3, -0.25) is 0 Å². The van der Waals surface area contributed by atoms with Crippen LogP contribution in [0.25, 0.3) is 0 Å². The second-order valence-corrected chi connectivity index (χ2v) is 5.35. The van der Waals surface area contributed by atoms with Crippen LogP contribution in [0.5, 0.6) is 0 Å². The highest BCUT2D eigenvalue weighted by molar-refractivity contribution is 9.10. The van der Waals surface area contributed by atoms with Gasteiger partial charge in [-0.15, -0.1) is 0 Å². The zero-order valence-corrected chi connectivity index (χ0v) is 13.0. The second kappa shape index (κ2) is 8.52. The highest BCUT2D eigenvalue weighted by Crippen LogP contribution is 2.36. The van der Waals surface area contributed by atoms with E-state index in [-0.39, 0.29) is 5.69 Å². The van der Waals surface area contributed by atoms with Crippen LogP contribution in [0.15, 0.2) is 22.7 Å². The van der Waals surface area contributed by atoms with Gasteiger partial charge in [0.1, 0.15) is 0 Å². The zero-order chi connectivity index (χ0) is 15.0. The summed E-state index contributed by atoms with van der Waals surface area (Å²) >= 11 is 3.06. The summed E-state index contributed by atoms with van der Waals surface area (Å²) in [5.41, 5.74) is -0.548. The summed E-state index contributed by atoms with van der Waals surface area (Å²) in [7, 11) is 0. The van der Waals surface area contributed by atoms with Crippen LogP contribution in [0.2, 0.25) is 0 Å². The topological polar surface area (TPSA) is 21.3 Å². The second-order valence-electron chi connectivity index (χ2n) is 4.43. The highest BCUT2D eigenvalue weighted by Gasteiger charge is 2.33. The fourth-order valence-corrected chi connectivity index (χ4v) is 2.01. The minimum Gasteiger partial charge on any atom is -0.384 e. The summed E-state index contributed by atoms with van der Waals surface area (Å²) in [6.45, 7) is 3.81. The van der Waals surface area contributed by atoms with Crippen LogP contribution in [-0.4, -0.2) is 19.8 Å². The molecule has 0 bridgehead atoms. The van der Waals surface area contributed by atoms with Gasteiger partial charge in [0, 0.05) is 29.9 Å². The van der Waals surface area contributed by atoms with E-state index < -0.39 is 11.7 Å². The third-order valence-corrected chi connectivity index (χ3v) is 3.20. The first-order valence-corrected chi connectivity index (χ1v) is 7.42. The number of hydrogen-bond donors (Lipinski definition) is 1. The van der Waals surface area contributed by atoms with Crippen molar-refractivity contribution in [3.63, 3.8) is 0 Å². The largest absolute Gasteiger partial charge is 0.418 e. The lowest BCUT2D eigenvalue weighted by Gasteiger charge is -2.15. The van der Waals surface area contributed by atoms with Crippen LogP contribution in [0.1, 0.15) is 31.7 Å². The van der Waals surface area contributed by atoms with Gasteiger partial charge in [0.2, 0.25) is 0 Å². The van der Waals surface area contributed by atoms with Gasteiger partial charge in [0.05, 0.1) is 5.56 Å². The van der Waals surface area contributed by atoms with E-state index in [1.807, 2.05) is 0 Å². The number of alkyl halides is 3. The maximum absolute atomic E-state index is 12.9. The molecule has 0 saturated heterocycles. The van der Waals surface area contributed by atoms with Gasteiger partial charge in [-0.1, -0.05) is 29.3 Å². The van der Waals surface area contributed by atoms with E-state index in [0.29, 0.717) is 30.7 Å². The monoisotopic (exact) mass is 353 g/mol. The molecule has 0 aromatic heterocycles. The predicted octanol–water partition coefficient (Wildman–Crippen LogP) is 5.09. The summed E-state index contributed by atoms with van der Waals surface area (Å²) in [5.74, 6) is 0. The molecule has 0 aliphatic heterocycles. The Kier molecular flexibility index (Phi) is 7.37.